The number of hydrogen-bond acceptors (Lipinski definition) is 3. The number of ether oxygens (including phenoxy) is 1. The number of amides is 2. The van der Waals surface area contributed by atoms with Crippen LogP contribution in [0, 0.1) is 5.92 Å². The maximum Gasteiger partial charge on any atom is 0.229 e. The molecular weight excluding hydrogens is 280 g/mol. The SMILES string of the molecule is COCCN1C[C@H](C(=O)Nc2cccc(Cl)c2)CC1=O. The van der Waals surface area contributed by atoms with E-state index >= 15 is 0 Å². The summed E-state index contributed by atoms with van der Waals surface area (Å²) in [6.45, 7) is 1.44. The first kappa shape index (κ1) is 14.8. The highest BCUT2D eigenvalue weighted by Gasteiger charge is 2.33. The number of carbonyl (C=O) groups excluding carboxylic acids is 2. The van der Waals surface area contributed by atoms with Gasteiger partial charge in [-0.05, 0) is 18.2 Å². The van der Waals surface area contributed by atoms with Crippen LogP contribution in [0.3, 0.4) is 0 Å². The predicted octanol–water partition coefficient (Wildman–Crippen LogP) is 1.77. The molecule has 0 spiro atoms. The van der Waals surface area contributed by atoms with Crippen molar-refractivity contribution < 1.29 is 14.3 Å². The standard InChI is InChI=1S/C14H17ClN2O3/c1-20-6-5-17-9-10(7-13(17)18)14(19)16-12-4-2-3-11(15)8-12/h2-4,8,10H,5-7,9H2,1H3,(H,16,19)/t10-/m1/s1. The number of hydrogen-bond donors (Lipinski definition) is 1. The predicted molar refractivity (Wildman–Crippen MR) is 76.6 cm³/mol. The molecule has 6 heteroatoms. The summed E-state index contributed by atoms with van der Waals surface area (Å²) in [5.41, 5.74) is 0.644. The highest BCUT2D eigenvalue weighted by molar-refractivity contribution is 6.30. The normalized spacial score (nSPS) is 18.4. The lowest BCUT2D eigenvalue weighted by molar-refractivity contribution is -0.128. The van der Waals surface area contributed by atoms with Crippen molar-refractivity contribution in [2.75, 3.05) is 32.1 Å². The molecule has 0 aliphatic carbocycles. The Kier molecular flexibility index (Phi) is 4.98. The molecule has 5 nitrogen and oxygen atoms in total. The van der Waals surface area contributed by atoms with Gasteiger partial charge in [0.1, 0.15) is 0 Å². The second-order valence-electron chi connectivity index (χ2n) is 4.73. The van der Waals surface area contributed by atoms with E-state index < -0.39 is 0 Å². The highest BCUT2D eigenvalue weighted by Crippen LogP contribution is 2.21. The third-order valence-electron chi connectivity index (χ3n) is 3.24. The van der Waals surface area contributed by atoms with Crippen LogP contribution in [0.25, 0.3) is 0 Å². The monoisotopic (exact) mass is 296 g/mol. The van der Waals surface area contributed by atoms with Gasteiger partial charge in [-0.25, -0.2) is 0 Å². The molecule has 108 valence electrons. The van der Waals surface area contributed by atoms with Crippen molar-refractivity contribution in [2.45, 2.75) is 6.42 Å². The minimum atomic E-state index is -0.321. The number of benzene rings is 1. The first-order chi connectivity index (χ1) is 9.60. The zero-order chi connectivity index (χ0) is 14.5. The Morgan fingerprint density at radius 3 is 3.05 bits per heavy atom. The number of nitrogens with zero attached hydrogens (tertiary/aromatic N) is 1. The summed E-state index contributed by atoms with van der Waals surface area (Å²) < 4.78 is 4.95. The number of carbonyl (C=O) groups is 2. The van der Waals surface area contributed by atoms with Gasteiger partial charge in [-0.1, -0.05) is 17.7 Å². The number of rotatable bonds is 5. The lowest BCUT2D eigenvalue weighted by atomic mass is 10.1. The molecule has 1 atom stereocenters. The van der Waals surface area contributed by atoms with Crippen LogP contribution in [0.5, 0.6) is 0 Å². The first-order valence-electron chi connectivity index (χ1n) is 6.43. The molecule has 1 N–H and O–H groups in total. The molecule has 1 aromatic carbocycles. The zero-order valence-corrected chi connectivity index (χ0v) is 12.0. The van der Waals surface area contributed by atoms with Crippen LogP contribution >= 0.6 is 11.6 Å². The molecule has 20 heavy (non-hydrogen) atoms. The highest BCUT2D eigenvalue weighted by atomic mass is 35.5. The van der Waals surface area contributed by atoms with E-state index in [1.807, 2.05) is 0 Å². The zero-order valence-electron chi connectivity index (χ0n) is 11.3. The van der Waals surface area contributed by atoms with Crippen molar-refractivity contribution in [1.29, 1.82) is 0 Å². The number of halogens is 1. The molecule has 0 aromatic heterocycles. The van der Waals surface area contributed by atoms with Gasteiger partial charge in [0.2, 0.25) is 11.8 Å². The molecule has 1 aliphatic heterocycles. The third kappa shape index (κ3) is 3.71. The van der Waals surface area contributed by atoms with Gasteiger partial charge >= 0.3 is 0 Å². The number of methoxy groups -OCH3 is 1. The topological polar surface area (TPSA) is 58.6 Å². The van der Waals surface area contributed by atoms with Gasteiger partial charge in [0.25, 0.3) is 0 Å². The molecule has 0 radical (unpaired) electrons. The molecule has 1 aliphatic rings. The van der Waals surface area contributed by atoms with E-state index in [2.05, 4.69) is 5.32 Å². The second-order valence-corrected chi connectivity index (χ2v) is 5.17. The molecule has 0 bridgehead atoms. The van der Waals surface area contributed by atoms with E-state index in [4.69, 9.17) is 16.3 Å². The maximum absolute atomic E-state index is 12.1. The van der Waals surface area contributed by atoms with Crippen LogP contribution < -0.4 is 5.32 Å². The van der Waals surface area contributed by atoms with Crippen molar-refractivity contribution in [3.05, 3.63) is 29.3 Å². The largest absolute Gasteiger partial charge is 0.383 e. The summed E-state index contributed by atoms with van der Waals surface area (Å²) in [6.07, 6.45) is 0.246. The molecule has 1 saturated heterocycles. The van der Waals surface area contributed by atoms with Crippen molar-refractivity contribution in [3.8, 4) is 0 Å². The Morgan fingerprint density at radius 2 is 2.35 bits per heavy atom. The summed E-state index contributed by atoms with van der Waals surface area (Å²) in [5, 5.41) is 3.35. The lowest BCUT2D eigenvalue weighted by Crippen LogP contribution is -2.30. The second kappa shape index (κ2) is 6.72. The van der Waals surface area contributed by atoms with Crippen LogP contribution in [0.1, 0.15) is 6.42 Å². The van der Waals surface area contributed by atoms with Gasteiger partial charge < -0.3 is 15.0 Å². The summed E-state index contributed by atoms with van der Waals surface area (Å²) in [6, 6.07) is 6.95. The Labute approximate surface area is 122 Å². The quantitative estimate of drug-likeness (QED) is 0.901. The maximum atomic E-state index is 12.1. The van der Waals surface area contributed by atoms with Crippen molar-refractivity contribution in [2.24, 2.45) is 5.92 Å². The lowest BCUT2D eigenvalue weighted by Gasteiger charge is -2.15. The molecule has 0 saturated carbocycles. The van der Waals surface area contributed by atoms with Crippen LogP contribution in [-0.2, 0) is 14.3 Å². The number of likely N-dealkylation sites (tertiary alicyclic amines) is 1. The molecule has 1 fully saturated rings. The first-order valence-corrected chi connectivity index (χ1v) is 6.81. The van der Waals surface area contributed by atoms with Crippen LogP contribution in [0.15, 0.2) is 24.3 Å². The van der Waals surface area contributed by atoms with E-state index in [-0.39, 0.29) is 24.2 Å². The van der Waals surface area contributed by atoms with Gasteiger partial charge in [0.05, 0.1) is 12.5 Å². The van der Waals surface area contributed by atoms with Crippen molar-refractivity contribution in [3.63, 3.8) is 0 Å². The van der Waals surface area contributed by atoms with E-state index in [1.54, 1.807) is 36.3 Å². The molecule has 1 aromatic rings. The Bertz CT molecular complexity index is 507. The van der Waals surface area contributed by atoms with Crippen molar-refractivity contribution in [1.82, 2.24) is 4.90 Å². The van der Waals surface area contributed by atoms with Gasteiger partial charge in [-0.3, -0.25) is 9.59 Å². The summed E-state index contributed by atoms with van der Waals surface area (Å²) in [4.78, 5) is 25.6. The molecule has 2 rings (SSSR count). The fourth-order valence-corrected chi connectivity index (χ4v) is 2.37. The number of anilines is 1. The minimum Gasteiger partial charge on any atom is -0.383 e. The smallest absolute Gasteiger partial charge is 0.229 e. The van der Waals surface area contributed by atoms with Crippen LogP contribution in [0.4, 0.5) is 5.69 Å². The van der Waals surface area contributed by atoms with E-state index in [9.17, 15) is 9.59 Å². The molecule has 2 amide bonds. The Balaban J connectivity index is 1.92. The van der Waals surface area contributed by atoms with E-state index in [0.29, 0.717) is 30.4 Å². The van der Waals surface area contributed by atoms with Gasteiger partial charge in [-0.15, -0.1) is 0 Å². The summed E-state index contributed by atoms with van der Waals surface area (Å²) in [5.74, 6) is -0.479. The van der Waals surface area contributed by atoms with Crippen LogP contribution in [0.2, 0.25) is 5.02 Å². The van der Waals surface area contributed by atoms with Gasteiger partial charge in [0.15, 0.2) is 0 Å². The number of nitrogens with one attached hydrogen (secondary N) is 1. The molecule has 1 heterocycles. The van der Waals surface area contributed by atoms with Gasteiger partial charge in [0, 0.05) is 37.3 Å². The Hall–Kier alpha value is -1.59. The van der Waals surface area contributed by atoms with Crippen LogP contribution in [-0.4, -0.2) is 43.5 Å². The summed E-state index contributed by atoms with van der Waals surface area (Å²) in [7, 11) is 1.59. The minimum absolute atomic E-state index is 0.00621. The average Bonchev–Trinajstić information content (AvgIpc) is 2.78. The van der Waals surface area contributed by atoms with E-state index in [0.717, 1.165) is 0 Å². The van der Waals surface area contributed by atoms with Gasteiger partial charge in [-0.2, -0.15) is 0 Å². The fourth-order valence-electron chi connectivity index (χ4n) is 2.18. The van der Waals surface area contributed by atoms with Crippen molar-refractivity contribution >= 4 is 29.1 Å². The fraction of sp³-hybridized carbons (Fsp3) is 0.429. The summed E-state index contributed by atoms with van der Waals surface area (Å²) >= 11 is 5.86. The molecular formula is C14H17ClN2O3. The average molecular weight is 297 g/mol. The Morgan fingerprint density at radius 1 is 1.55 bits per heavy atom. The van der Waals surface area contributed by atoms with E-state index in [1.165, 1.54) is 0 Å². The third-order valence-corrected chi connectivity index (χ3v) is 3.48. The molecule has 0 unspecified atom stereocenters.